The fourth-order valence-electron chi connectivity index (χ4n) is 2.10. The third kappa shape index (κ3) is 3.47. The maximum Gasteiger partial charge on any atom is 0.152 e. The summed E-state index contributed by atoms with van der Waals surface area (Å²) in [5.74, 6) is 0.282. The highest BCUT2D eigenvalue weighted by atomic mass is 32.2. The third-order valence-electron chi connectivity index (χ3n) is 3.51. The van der Waals surface area contributed by atoms with E-state index in [1.807, 2.05) is 0 Å². The Morgan fingerprint density at radius 2 is 2.05 bits per heavy atom. The van der Waals surface area contributed by atoms with Gasteiger partial charge in [0.2, 0.25) is 0 Å². The van der Waals surface area contributed by atoms with E-state index in [-0.39, 0.29) is 23.4 Å². The van der Waals surface area contributed by atoms with Crippen LogP contribution in [0.5, 0.6) is 0 Å². The van der Waals surface area contributed by atoms with Crippen molar-refractivity contribution in [1.82, 2.24) is 9.97 Å². The summed E-state index contributed by atoms with van der Waals surface area (Å²) in [5, 5.41) is 0.570. The Morgan fingerprint density at radius 1 is 1.33 bits per heavy atom. The van der Waals surface area contributed by atoms with Crippen LogP contribution in [0.2, 0.25) is 0 Å². The van der Waals surface area contributed by atoms with Gasteiger partial charge in [-0.15, -0.1) is 0 Å². The predicted molar refractivity (Wildman–Crippen MR) is 81.7 cm³/mol. The van der Waals surface area contributed by atoms with Crippen molar-refractivity contribution in [3.8, 4) is 0 Å². The molecule has 1 atom stereocenters. The third-order valence-corrected chi connectivity index (χ3v) is 5.38. The van der Waals surface area contributed by atoms with E-state index >= 15 is 0 Å². The van der Waals surface area contributed by atoms with Crippen LogP contribution in [0.1, 0.15) is 13.8 Å². The van der Waals surface area contributed by atoms with E-state index in [4.69, 9.17) is 0 Å². The molecule has 0 saturated carbocycles. The van der Waals surface area contributed by atoms with Crippen LogP contribution in [0.15, 0.2) is 24.5 Å². The number of rotatable bonds is 5. The van der Waals surface area contributed by atoms with E-state index in [9.17, 15) is 12.8 Å². The quantitative estimate of drug-likeness (QED) is 0.845. The maximum atomic E-state index is 13.4. The van der Waals surface area contributed by atoms with Crippen LogP contribution in [-0.2, 0) is 9.84 Å². The first-order chi connectivity index (χ1) is 9.84. The zero-order chi connectivity index (χ0) is 15.6. The topological polar surface area (TPSA) is 63.2 Å². The minimum Gasteiger partial charge on any atom is -0.355 e. The lowest BCUT2D eigenvalue weighted by molar-refractivity contribution is 0.588. The second-order valence-corrected chi connectivity index (χ2v) is 7.42. The second-order valence-electron chi connectivity index (χ2n) is 5.02. The van der Waals surface area contributed by atoms with Gasteiger partial charge in [-0.3, -0.25) is 0 Å². The van der Waals surface area contributed by atoms with Crippen LogP contribution in [0, 0.1) is 5.82 Å². The molecule has 0 aliphatic carbocycles. The van der Waals surface area contributed by atoms with Crippen molar-refractivity contribution in [2.45, 2.75) is 19.9 Å². The van der Waals surface area contributed by atoms with Gasteiger partial charge in [-0.05, 0) is 25.1 Å². The summed E-state index contributed by atoms with van der Waals surface area (Å²) >= 11 is 0. The standard InChI is InChI=1S/C14H18FN3O2S/c1-4-21(19,20)8-10(2)18(3)14-12-7-11(15)5-6-13(12)16-9-17-14/h5-7,9-10H,4,8H2,1-3H3/t10-/m1/s1. The minimum atomic E-state index is -3.09. The molecule has 2 rings (SSSR count). The molecule has 1 heterocycles. The Hall–Kier alpha value is -1.76. The fourth-order valence-corrected chi connectivity index (χ4v) is 3.30. The number of fused-ring (bicyclic) bond motifs is 1. The lowest BCUT2D eigenvalue weighted by atomic mass is 10.2. The molecule has 2 aromatic rings. The Bertz CT molecular complexity index is 749. The van der Waals surface area contributed by atoms with Gasteiger partial charge >= 0.3 is 0 Å². The van der Waals surface area contributed by atoms with Gasteiger partial charge in [-0.1, -0.05) is 6.92 Å². The highest BCUT2D eigenvalue weighted by Crippen LogP contribution is 2.24. The maximum absolute atomic E-state index is 13.4. The molecule has 0 unspecified atom stereocenters. The lowest BCUT2D eigenvalue weighted by Crippen LogP contribution is -2.36. The normalized spacial score (nSPS) is 13.3. The first-order valence-corrected chi connectivity index (χ1v) is 8.49. The molecule has 0 saturated heterocycles. The molecule has 1 aromatic heterocycles. The van der Waals surface area contributed by atoms with Crippen LogP contribution in [0.3, 0.4) is 0 Å². The summed E-state index contributed by atoms with van der Waals surface area (Å²) in [7, 11) is -1.34. The van der Waals surface area contributed by atoms with Gasteiger partial charge in [0.15, 0.2) is 9.84 Å². The molecule has 0 fully saturated rings. The van der Waals surface area contributed by atoms with Gasteiger partial charge in [0, 0.05) is 24.2 Å². The van der Waals surface area contributed by atoms with Gasteiger partial charge in [-0.25, -0.2) is 22.8 Å². The smallest absolute Gasteiger partial charge is 0.152 e. The SMILES string of the molecule is CCS(=O)(=O)C[C@@H](C)N(C)c1ncnc2ccc(F)cc12. The number of nitrogens with zero attached hydrogens (tertiary/aromatic N) is 3. The average molecular weight is 311 g/mol. The van der Waals surface area contributed by atoms with E-state index in [1.165, 1.54) is 18.5 Å². The van der Waals surface area contributed by atoms with Crippen LogP contribution < -0.4 is 4.90 Å². The predicted octanol–water partition coefficient (Wildman–Crippen LogP) is 2.03. The average Bonchev–Trinajstić information content (AvgIpc) is 2.45. The summed E-state index contributed by atoms with van der Waals surface area (Å²) in [6.07, 6.45) is 1.40. The molecule has 21 heavy (non-hydrogen) atoms. The van der Waals surface area contributed by atoms with Crippen molar-refractivity contribution < 1.29 is 12.8 Å². The molecule has 0 amide bonds. The molecule has 7 heteroatoms. The second kappa shape index (κ2) is 5.93. The molecule has 0 aliphatic heterocycles. The zero-order valence-electron chi connectivity index (χ0n) is 12.2. The van der Waals surface area contributed by atoms with Gasteiger partial charge in [0.25, 0.3) is 0 Å². The van der Waals surface area contributed by atoms with Crippen molar-refractivity contribution >= 4 is 26.6 Å². The van der Waals surface area contributed by atoms with Crippen LogP contribution in [-0.4, -0.2) is 43.0 Å². The number of benzene rings is 1. The molecule has 0 radical (unpaired) electrons. The van der Waals surface area contributed by atoms with Gasteiger partial charge in [0.05, 0.1) is 11.3 Å². The number of anilines is 1. The van der Waals surface area contributed by atoms with E-state index in [0.717, 1.165) is 0 Å². The zero-order valence-corrected chi connectivity index (χ0v) is 13.1. The van der Waals surface area contributed by atoms with E-state index < -0.39 is 9.84 Å². The van der Waals surface area contributed by atoms with Gasteiger partial charge < -0.3 is 4.90 Å². The van der Waals surface area contributed by atoms with Crippen LogP contribution in [0.25, 0.3) is 10.9 Å². The molecule has 5 nitrogen and oxygen atoms in total. The van der Waals surface area contributed by atoms with Gasteiger partial charge in [-0.2, -0.15) is 0 Å². The first-order valence-electron chi connectivity index (χ1n) is 6.67. The fraction of sp³-hybridized carbons (Fsp3) is 0.429. The lowest BCUT2D eigenvalue weighted by Gasteiger charge is -2.26. The number of hydrogen-bond donors (Lipinski definition) is 0. The Balaban J connectivity index is 2.39. The summed E-state index contributed by atoms with van der Waals surface area (Å²) in [4.78, 5) is 10.0. The molecule has 1 aromatic carbocycles. The molecule has 0 N–H and O–H groups in total. The molecular formula is C14H18FN3O2S. The van der Waals surface area contributed by atoms with E-state index in [0.29, 0.717) is 16.7 Å². The highest BCUT2D eigenvalue weighted by Gasteiger charge is 2.20. The Morgan fingerprint density at radius 3 is 2.71 bits per heavy atom. The molecule has 0 spiro atoms. The van der Waals surface area contributed by atoms with Crippen molar-refractivity contribution in [2.75, 3.05) is 23.5 Å². The monoisotopic (exact) mass is 311 g/mol. The summed E-state index contributed by atoms with van der Waals surface area (Å²) in [6, 6.07) is 4.01. The van der Waals surface area contributed by atoms with Crippen molar-refractivity contribution in [2.24, 2.45) is 0 Å². The molecule has 114 valence electrons. The van der Waals surface area contributed by atoms with Gasteiger partial charge in [0.1, 0.15) is 18.0 Å². The van der Waals surface area contributed by atoms with E-state index in [1.54, 1.807) is 31.9 Å². The number of hydrogen-bond acceptors (Lipinski definition) is 5. The molecule has 0 aliphatic rings. The Labute approximate surface area is 123 Å². The van der Waals surface area contributed by atoms with Crippen LogP contribution >= 0.6 is 0 Å². The van der Waals surface area contributed by atoms with Crippen molar-refractivity contribution in [3.63, 3.8) is 0 Å². The summed E-state index contributed by atoms with van der Waals surface area (Å²) in [5.41, 5.74) is 0.624. The first kappa shape index (κ1) is 15.6. The summed E-state index contributed by atoms with van der Waals surface area (Å²) < 4.78 is 36.9. The summed E-state index contributed by atoms with van der Waals surface area (Å²) in [6.45, 7) is 3.43. The van der Waals surface area contributed by atoms with Crippen LogP contribution in [0.4, 0.5) is 10.2 Å². The number of aromatic nitrogens is 2. The molecule has 0 bridgehead atoms. The minimum absolute atomic E-state index is 0.0286. The van der Waals surface area contributed by atoms with E-state index in [2.05, 4.69) is 9.97 Å². The number of sulfone groups is 1. The highest BCUT2D eigenvalue weighted by molar-refractivity contribution is 7.91. The van der Waals surface area contributed by atoms with Crippen molar-refractivity contribution in [1.29, 1.82) is 0 Å². The largest absolute Gasteiger partial charge is 0.355 e. The van der Waals surface area contributed by atoms with Crippen molar-refractivity contribution in [3.05, 3.63) is 30.3 Å². The Kier molecular flexibility index (Phi) is 4.41. The molecular weight excluding hydrogens is 293 g/mol. The number of halogens is 1.